The fraction of sp³-hybridized carbons (Fsp3) is 0.0714. The summed E-state index contributed by atoms with van der Waals surface area (Å²) in [6.45, 7) is 0. The second-order valence-corrected chi connectivity index (χ2v) is 8.64. The largest absolute Gasteiger partial charge is 0.418 e. The van der Waals surface area contributed by atoms with Gasteiger partial charge in [0.05, 0.1) is 27.8 Å². The number of hydrogen-bond donors (Lipinski definition) is 0. The Hall–Kier alpha value is -4.60. The topological polar surface area (TPSA) is 35.6 Å². The number of para-hydroxylation sites is 2. The van der Waals surface area contributed by atoms with Gasteiger partial charge in [0.25, 0.3) is 0 Å². The molecule has 0 amide bonds. The van der Waals surface area contributed by atoms with Gasteiger partial charge in [0.2, 0.25) is 0 Å². The van der Waals surface area contributed by atoms with Crippen LogP contribution in [0, 0.1) is 0 Å². The minimum Gasteiger partial charge on any atom is -0.299 e. The van der Waals surface area contributed by atoms with Crippen molar-refractivity contribution in [2.75, 3.05) is 0 Å². The van der Waals surface area contributed by atoms with Crippen LogP contribution in [-0.4, -0.2) is 19.1 Å². The molecule has 0 bridgehead atoms. The highest BCUT2D eigenvalue weighted by Gasteiger charge is 2.35. The zero-order valence-corrected chi connectivity index (χ0v) is 19.3. The van der Waals surface area contributed by atoms with Gasteiger partial charge < -0.3 is 0 Å². The van der Waals surface area contributed by atoms with Gasteiger partial charge in [-0.25, -0.2) is 9.97 Å². The molecule has 0 aliphatic carbocycles. The fourth-order valence-electron chi connectivity index (χ4n) is 4.66. The molecule has 0 fully saturated rings. The summed E-state index contributed by atoms with van der Waals surface area (Å²) in [5.74, 6) is 0. The van der Waals surface area contributed by atoms with Gasteiger partial charge in [0, 0.05) is 11.3 Å². The van der Waals surface area contributed by atoms with Gasteiger partial charge in [0.1, 0.15) is 23.7 Å². The Morgan fingerprint density at radius 3 is 1.68 bits per heavy atom. The molecule has 38 heavy (non-hydrogen) atoms. The van der Waals surface area contributed by atoms with E-state index < -0.39 is 23.5 Å². The lowest BCUT2D eigenvalue weighted by Gasteiger charge is -2.15. The first kappa shape index (κ1) is 23.8. The number of rotatable bonds is 3. The molecule has 4 aromatic carbocycles. The highest BCUT2D eigenvalue weighted by atomic mass is 19.4. The minimum atomic E-state index is -4.59. The lowest BCUT2D eigenvalue weighted by atomic mass is 10.0. The van der Waals surface area contributed by atoms with Crippen molar-refractivity contribution in [3.8, 4) is 22.5 Å². The molecule has 0 unspecified atom stereocenters. The molecular formula is C28H16F6N4. The van der Waals surface area contributed by atoms with Gasteiger partial charge in [-0.05, 0) is 42.0 Å². The summed E-state index contributed by atoms with van der Waals surface area (Å²) >= 11 is 0. The molecular weight excluding hydrogens is 506 g/mol. The third kappa shape index (κ3) is 3.89. The maximum Gasteiger partial charge on any atom is 0.418 e. The van der Waals surface area contributed by atoms with Gasteiger partial charge >= 0.3 is 12.4 Å². The van der Waals surface area contributed by atoms with Gasteiger partial charge in [-0.3, -0.25) is 9.13 Å². The highest BCUT2D eigenvalue weighted by Crippen LogP contribution is 2.38. The smallest absolute Gasteiger partial charge is 0.299 e. The summed E-state index contributed by atoms with van der Waals surface area (Å²) in [5, 5.41) is 0. The number of aromatic nitrogens is 4. The van der Waals surface area contributed by atoms with E-state index in [1.54, 1.807) is 28.8 Å². The van der Waals surface area contributed by atoms with Crippen LogP contribution in [0.4, 0.5) is 26.3 Å². The minimum absolute atomic E-state index is 0.198. The first-order valence-corrected chi connectivity index (χ1v) is 11.4. The van der Waals surface area contributed by atoms with Gasteiger partial charge in [-0.15, -0.1) is 0 Å². The molecule has 6 rings (SSSR count). The Labute approximate surface area is 211 Å². The molecule has 0 saturated carbocycles. The second kappa shape index (κ2) is 8.47. The van der Waals surface area contributed by atoms with Gasteiger partial charge in [-0.1, -0.05) is 48.5 Å². The van der Waals surface area contributed by atoms with Crippen molar-refractivity contribution < 1.29 is 26.3 Å². The van der Waals surface area contributed by atoms with E-state index in [-0.39, 0.29) is 22.1 Å². The van der Waals surface area contributed by atoms with Crippen LogP contribution in [0.3, 0.4) is 0 Å². The Kier molecular flexibility index (Phi) is 5.30. The maximum atomic E-state index is 13.6. The van der Waals surface area contributed by atoms with Gasteiger partial charge in [0.15, 0.2) is 0 Å². The van der Waals surface area contributed by atoms with Crippen LogP contribution >= 0.6 is 0 Å². The Morgan fingerprint density at radius 1 is 0.553 bits per heavy atom. The van der Waals surface area contributed by atoms with E-state index in [4.69, 9.17) is 0 Å². The normalized spacial score (nSPS) is 12.5. The first-order chi connectivity index (χ1) is 18.1. The number of nitrogens with zero attached hydrogens (tertiary/aromatic N) is 4. The molecule has 0 spiro atoms. The van der Waals surface area contributed by atoms with Gasteiger partial charge in [-0.2, -0.15) is 26.3 Å². The molecule has 2 heterocycles. The summed E-state index contributed by atoms with van der Waals surface area (Å²) in [7, 11) is 0. The van der Waals surface area contributed by atoms with Crippen molar-refractivity contribution >= 4 is 22.1 Å². The average molecular weight is 522 g/mol. The molecule has 0 atom stereocenters. The molecule has 0 saturated heterocycles. The van der Waals surface area contributed by atoms with Crippen molar-refractivity contribution in [1.82, 2.24) is 19.1 Å². The summed E-state index contributed by atoms with van der Waals surface area (Å²) in [6.07, 6.45) is -6.55. The molecule has 0 aliphatic heterocycles. The van der Waals surface area contributed by atoms with E-state index in [1.807, 2.05) is 30.3 Å². The molecule has 4 nitrogen and oxygen atoms in total. The molecule has 190 valence electrons. The number of hydrogen-bond acceptors (Lipinski definition) is 2. The van der Waals surface area contributed by atoms with E-state index in [1.165, 1.54) is 35.4 Å². The summed E-state index contributed by atoms with van der Waals surface area (Å²) in [5.41, 5.74) is 0.867. The van der Waals surface area contributed by atoms with Crippen molar-refractivity contribution in [2.24, 2.45) is 0 Å². The lowest BCUT2D eigenvalue weighted by Crippen LogP contribution is -2.06. The Morgan fingerprint density at radius 2 is 1.11 bits per heavy atom. The van der Waals surface area contributed by atoms with E-state index >= 15 is 0 Å². The zero-order valence-electron chi connectivity index (χ0n) is 19.3. The molecule has 10 heteroatoms. The van der Waals surface area contributed by atoms with Crippen molar-refractivity contribution in [3.05, 3.63) is 109 Å². The molecule has 6 aromatic rings. The van der Waals surface area contributed by atoms with E-state index in [0.717, 1.165) is 17.7 Å². The predicted octanol–water partition coefficient (Wildman–Crippen LogP) is 8.07. The number of benzene rings is 4. The predicted molar refractivity (Wildman–Crippen MR) is 131 cm³/mol. The van der Waals surface area contributed by atoms with E-state index in [2.05, 4.69) is 9.97 Å². The summed E-state index contributed by atoms with van der Waals surface area (Å²) in [4.78, 5) is 8.10. The van der Waals surface area contributed by atoms with Crippen LogP contribution in [0.25, 0.3) is 44.6 Å². The van der Waals surface area contributed by atoms with Crippen LogP contribution < -0.4 is 0 Å². The monoisotopic (exact) mass is 522 g/mol. The molecule has 0 N–H and O–H groups in total. The van der Waals surface area contributed by atoms with Crippen LogP contribution in [0.2, 0.25) is 0 Å². The van der Waals surface area contributed by atoms with Crippen molar-refractivity contribution in [2.45, 2.75) is 12.4 Å². The Balaban J connectivity index is 1.60. The third-order valence-corrected chi connectivity index (χ3v) is 6.37. The van der Waals surface area contributed by atoms with Crippen molar-refractivity contribution in [1.29, 1.82) is 0 Å². The molecule has 2 aromatic heterocycles. The molecule has 0 aliphatic rings. The maximum absolute atomic E-state index is 13.6. The zero-order chi connectivity index (χ0) is 26.7. The van der Waals surface area contributed by atoms with Crippen LogP contribution in [-0.2, 0) is 12.4 Å². The van der Waals surface area contributed by atoms with E-state index in [0.29, 0.717) is 16.9 Å². The lowest BCUT2D eigenvalue weighted by molar-refractivity contribution is -0.137. The van der Waals surface area contributed by atoms with Crippen LogP contribution in [0.5, 0.6) is 0 Å². The first-order valence-electron chi connectivity index (χ1n) is 11.4. The van der Waals surface area contributed by atoms with Crippen molar-refractivity contribution in [3.63, 3.8) is 0 Å². The number of imidazole rings is 2. The highest BCUT2D eigenvalue weighted by molar-refractivity contribution is 5.86. The van der Waals surface area contributed by atoms with Crippen LogP contribution in [0.1, 0.15) is 11.1 Å². The third-order valence-electron chi connectivity index (χ3n) is 6.37. The summed E-state index contributed by atoms with van der Waals surface area (Å²) < 4.78 is 84.7. The SMILES string of the molecule is FC(F)(F)c1cccc2c1ncn2-c1ccc(-c2ccccc2)c(-n2cnc3c(C(F)(F)F)cccc32)c1. The standard InChI is InChI=1S/C28H16F6N4/c29-27(30,31)20-8-4-10-22-25(20)35-15-37(22)18-12-13-19(17-6-2-1-3-7-17)24(14-18)38-16-36-26-21(28(32,33)34)9-5-11-23(26)38/h1-16H. The number of alkyl halides is 6. The van der Waals surface area contributed by atoms with E-state index in [9.17, 15) is 26.3 Å². The Bertz CT molecular complexity index is 1800. The fourth-order valence-corrected chi connectivity index (χ4v) is 4.66. The number of halogens is 6. The summed E-state index contributed by atoms with van der Waals surface area (Å²) in [6, 6.07) is 22.1. The average Bonchev–Trinajstić information content (AvgIpc) is 3.52. The quantitative estimate of drug-likeness (QED) is 0.220. The number of fused-ring (bicyclic) bond motifs is 2. The molecule has 0 radical (unpaired) electrons. The second-order valence-electron chi connectivity index (χ2n) is 8.64. The van der Waals surface area contributed by atoms with Crippen LogP contribution in [0.15, 0.2) is 97.6 Å².